The Morgan fingerprint density at radius 2 is 1.95 bits per heavy atom. The number of aliphatic imine (C=N–C) groups is 1. The zero-order chi connectivity index (χ0) is 27.5. The number of methoxy groups -OCH3 is 1. The highest BCUT2D eigenvalue weighted by molar-refractivity contribution is 6.02. The molecule has 1 atom stereocenters. The van der Waals surface area contributed by atoms with Gasteiger partial charge in [-0.3, -0.25) is 4.90 Å². The Morgan fingerprint density at radius 3 is 2.64 bits per heavy atom. The standard InChI is InChI=1S/C29H37N7O3/c1-6-39-25-14-21-8-11-35-23(22(21)15-24(25)38-5)16-26(33-27-19(3)12-18(2)13-20(27)4)36(29(35)37)10-7-9-30-28-31-17-32-34-28/h12-15,17,23H,6-11,16H2,1-5H3,(H2,30,31,32,34). The lowest BCUT2D eigenvalue weighted by Crippen LogP contribution is -2.55. The van der Waals surface area contributed by atoms with Crippen LogP contribution in [0.3, 0.4) is 0 Å². The molecule has 2 aromatic carbocycles. The predicted molar refractivity (Wildman–Crippen MR) is 151 cm³/mol. The van der Waals surface area contributed by atoms with Gasteiger partial charge >= 0.3 is 6.03 Å². The van der Waals surface area contributed by atoms with Gasteiger partial charge < -0.3 is 19.7 Å². The second-order valence-corrected chi connectivity index (χ2v) is 10.1. The van der Waals surface area contributed by atoms with Gasteiger partial charge in [-0.05, 0) is 74.9 Å². The summed E-state index contributed by atoms with van der Waals surface area (Å²) in [7, 11) is 1.65. The number of amidine groups is 1. The lowest BCUT2D eigenvalue weighted by Gasteiger charge is -2.45. The summed E-state index contributed by atoms with van der Waals surface area (Å²) in [6.07, 6.45) is 3.59. The normalized spacial score (nSPS) is 17.7. The number of carbonyl (C=O) groups is 1. The molecule has 3 aromatic rings. The van der Waals surface area contributed by atoms with E-state index in [1.54, 1.807) is 7.11 Å². The van der Waals surface area contributed by atoms with Crippen LogP contribution in [0.15, 0.2) is 35.6 Å². The van der Waals surface area contributed by atoms with Crippen molar-refractivity contribution in [3.05, 3.63) is 58.4 Å². The average Bonchev–Trinajstić information content (AvgIpc) is 3.43. The van der Waals surface area contributed by atoms with Gasteiger partial charge in [0.15, 0.2) is 11.5 Å². The van der Waals surface area contributed by atoms with Crippen LogP contribution in [0.2, 0.25) is 0 Å². The fourth-order valence-corrected chi connectivity index (χ4v) is 5.68. The molecule has 1 saturated heterocycles. The van der Waals surface area contributed by atoms with Crippen molar-refractivity contribution in [2.75, 3.05) is 38.7 Å². The molecule has 2 N–H and O–H groups in total. The number of H-pyrrole nitrogens is 1. The molecule has 206 valence electrons. The number of benzene rings is 2. The lowest BCUT2D eigenvalue weighted by molar-refractivity contribution is 0.134. The summed E-state index contributed by atoms with van der Waals surface area (Å²) < 4.78 is 11.5. The van der Waals surface area contributed by atoms with Gasteiger partial charge in [0.25, 0.3) is 0 Å². The van der Waals surface area contributed by atoms with Gasteiger partial charge in [-0.25, -0.2) is 19.9 Å². The Kier molecular flexibility index (Phi) is 7.72. The minimum atomic E-state index is -0.112. The minimum absolute atomic E-state index is 0.00872. The molecule has 3 heterocycles. The van der Waals surface area contributed by atoms with Gasteiger partial charge in [-0.2, -0.15) is 5.10 Å². The topological polar surface area (TPSA) is 108 Å². The van der Waals surface area contributed by atoms with Gasteiger partial charge in [0, 0.05) is 26.1 Å². The highest BCUT2D eigenvalue weighted by Crippen LogP contribution is 2.42. The maximum atomic E-state index is 14.0. The second-order valence-electron chi connectivity index (χ2n) is 10.1. The number of fused-ring (bicyclic) bond motifs is 3. The zero-order valence-electron chi connectivity index (χ0n) is 23.4. The molecule has 0 spiro atoms. The number of urea groups is 1. The monoisotopic (exact) mass is 531 g/mol. The van der Waals surface area contributed by atoms with Gasteiger partial charge in [-0.1, -0.05) is 17.7 Å². The maximum Gasteiger partial charge on any atom is 0.325 e. The Hall–Kier alpha value is -4.08. The number of hydrogen-bond acceptors (Lipinski definition) is 7. The number of aromatic nitrogens is 3. The van der Waals surface area contributed by atoms with E-state index in [0.717, 1.165) is 46.8 Å². The first-order valence-corrected chi connectivity index (χ1v) is 13.6. The third-order valence-corrected chi connectivity index (χ3v) is 7.39. The van der Waals surface area contributed by atoms with E-state index in [4.69, 9.17) is 14.5 Å². The van der Waals surface area contributed by atoms with Crippen LogP contribution in [-0.4, -0.2) is 70.2 Å². The van der Waals surface area contributed by atoms with E-state index in [9.17, 15) is 4.79 Å². The van der Waals surface area contributed by atoms with Gasteiger partial charge in [0.05, 0.1) is 25.4 Å². The summed E-state index contributed by atoms with van der Waals surface area (Å²) in [5.74, 6) is 2.84. The summed E-state index contributed by atoms with van der Waals surface area (Å²) in [4.78, 5) is 27.1. The van der Waals surface area contributed by atoms with Gasteiger partial charge in [0.1, 0.15) is 12.2 Å². The first-order valence-electron chi connectivity index (χ1n) is 13.6. The van der Waals surface area contributed by atoms with Crippen molar-refractivity contribution in [1.82, 2.24) is 25.0 Å². The van der Waals surface area contributed by atoms with E-state index in [2.05, 4.69) is 59.5 Å². The van der Waals surface area contributed by atoms with Crippen molar-refractivity contribution in [2.24, 2.45) is 4.99 Å². The Bertz CT molecular complexity index is 1350. The molecule has 39 heavy (non-hydrogen) atoms. The van der Waals surface area contributed by atoms with E-state index in [-0.39, 0.29) is 12.1 Å². The number of carbonyl (C=O) groups excluding carboxylic acids is 1. The summed E-state index contributed by atoms with van der Waals surface area (Å²) in [5, 5.41) is 9.90. The quantitative estimate of drug-likeness (QED) is 0.372. The highest BCUT2D eigenvalue weighted by Gasteiger charge is 2.41. The SMILES string of the molecule is CCOc1cc2c(cc1OC)C1CC(=Nc3c(C)cc(C)cc3C)N(CCCNc3ncn[nH]3)C(=O)N1CC2. The number of aryl methyl sites for hydroxylation is 3. The molecule has 2 aliphatic rings. The number of aromatic amines is 1. The maximum absolute atomic E-state index is 14.0. The van der Waals surface area contributed by atoms with Crippen molar-refractivity contribution >= 4 is 23.5 Å². The first kappa shape index (κ1) is 26.5. The number of nitrogens with zero attached hydrogens (tertiary/aromatic N) is 5. The Labute approximate surface area is 229 Å². The summed E-state index contributed by atoms with van der Waals surface area (Å²) in [6.45, 7) is 10.6. The number of ether oxygens (including phenoxy) is 2. The molecule has 10 heteroatoms. The number of nitrogens with one attached hydrogen (secondary N) is 2. The number of hydrogen-bond donors (Lipinski definition) is 2. The van der Waals surface area contributed by atoms with E-state index in [1.165, 1.54) is 17.5 Å². The second kappa shape index (κ2) is 11.3. The van der Waals surface area contributed by atoms with Crippen molar-refractivity contribution in [2.45, 2.75) is 53.0 Å². The molecule has 0 radical (unpaired) electrons. The van der Waals surface area contributed by atoms with Gasteiger partial charge in [-0.15, -0.1) is 0 Å². The van der Waals surface area contributed by atoms with E-state index in [0.29, 0.717) is 44.4 Å². The molecule has 0 bridgehead atoms. The minimum Gasteiger partial charge on any atom is -0.493 e. The van der Waals surface area contributed by atoms with Crippen LogP contribution in [0.4, 0.5) is 16.4 Å². The summed E-state index contributed by atoms with van der Waals surface area (Å²) in [6, 6.07) is 8.29. The Balaban J connectivity index is 1.48. The largest absolute Gasteiger partial charge is 0.493 e. The molecule has 0 aliphatic carbocycles. The smallest absolute Gasteiger partial charge is 0.325 e. The molecule has 5 rings (SSSR count). The van der Waals surface area contributed by atoms with Crippen LogP contribution in [-0.2, 0) is 6.42 Å². The van der Waals surface area contributed by atoms with Gasteiger partial charge in [0.2, 0.25) is 5.95 Å². The molecule has 1 fully saturated rings. The van der Waals surface area contributed by atoms with Crippen molar-refractivity contribution < 1.29 is 14.3 Å². The zero-order valence-corrected chi connectivity index (χ0v) is 23.4. The summed E-state index contributed by atoms with van der Waals surface area (Å²) in [5.41, 5.74) is 6.64. The molecule has 0 saturated carbocycles. The highest BCUT2D eigenvalue weighted by atomic mass is 16.5. The summed E-state index contributed by atoms with van der Waals surface area (Å²) >= 11 is 0. The lowest BCUT2D eigenvalue weighted by atomic mass is 9.88. The van der Waals surface area contributed by atoms with Crippen LogP contribution in [0.1, 0.15) is 53.6 Å². The first-order chi connectivity index (χ1) is 18.9. The molecule has 1 unspecified atom stereocenters. The van der Waals surface area contributed by atoms with Crippen molar-refractivity contribution in [1.29, 1.82) is 0 Å². The number of rotatable bonds is 9. The number of amides is 2. The van der Waals surface area contributed by atoms with Crippen LogP contribution >= 0.6 is 0 Å². The van der Waals surface area contributed by atoms with Crippen molar-refractivity contribution in [3.63, 3.8) is 0 Å². The van der Waals surface area contributed by atoms with E-state index in [1.807, 2.05) is 22.8 Å². The van der Waals surface area contributed by atoms with E-state index >= 15 is 0 Å². The van der Waals surface area contributed by atoms with E-state index < -0.39 is 0 Å². The van der Waals surface area contributed by atoms with Crippen LogP contribution in [0.5, 0.6) is 11.5 Å². The van der Waals surface area contributed by atoms with Crippen molar-refractivity contribution in [3.8, 4) is 11.5 Å². The number of anilines is 1. The van der Waals surface area contributed by atoms with Crippen LogP contribution in [0.25, 0.3) is 0 Å². The molecular weight excluding hydrogens is 494 g/mol. The van der Waals surface area contributed by atoms with Crippen LogP contribution in [0, 0.1) is 20.8 Å². The molecule has 2 amide bonds. The van der Waals surface area contributed by atoms with Crippen LogP contribution < -0.4 is 14.8 Å². The fraction of sp³-hybridized carbons (Fsp3) is 0.448. The third-order valence-electron chi connectivity index (χ3n) is 7.39. The molecule has 1 aromatic heterocycles. The molecule has 2 aliphatic heterocycles. The molecule has 10 nitrogen and oxygen atoms in total. The Morgan fingerprint density at radius 1 is 1.15 bits per heavy atom. The third kappa shape index (κ3) is 5.41. The molecular formula is C29H37N7O3. The predicted octanol–water partition coefficient (Wildman–Crippen LogP) is 5.09. The average molecular weight is 532 g/mol. The fourth-order valence-electron chi connectivity index (χ4n) is 5.68.